The standard InChI is InChI=1S/C16H23N3O2/c1-6-21-14-8-7-13(9-15(14)20-5)10-17-16-11(2)18-19(4)12(16)3/h7-9,17H,6,10H2,1-5H3. The quantitative estimate of drug-likeness (QED) is 0.888. The Labute approximate surface area is 125 Å². The number of benzene rings is 1. The van der Waals surface area contributed by atoms with Gasteiger partial charge in [0.2, 0.25) is 0 Å². The number of methoxy groups -OCH3 is 1. The van der Waals surface area contributed by atoms with Gasteiger partial charge in [-0.2, -0.15) is 5.10 Å². The summed E-state index contributed by atoms with van der Waals surface area (Å²) in [5.41, 5.74) is 4.36. The molecule has 0 bridgehead atoms. The van der Waals surface area contributed by atoms with Gasteiger partial charge < -0.3 is 14.8 Å². The molecule has 0 aliphatic heterocycles. The highest BCUT2D eigenvalue weighted by Gasteiger charge is 2.10. The normalized spacial score (nSPS) is 10.5. The zero-order chi connectivity index (χ0) is 15.4. The lowest BCUT2D eigenvalue weighted by Crippen LogP contribution is -2.03. The van der Waals surface area contributed by atoms with Crippen molar-refractivity contribution in [2.24, 2.45) is 7.05 Å². The number of nitrogens with zero attached hydrogens (tertiary/aromatic N) is 2. The Balaban J connectivity index is 2.13. The molecular weight excluding hydrogens is 266 g/mol. The maximum atomic E-state index is 5.53. The summed E-state index contributed by atoms with van der Waals surface area (Å²) in [6.45, 7) is 7.37. The smallest absolute Gasteiger partial charge is 0.161 e. The Bertz CT molecular complexity index is 620. The first-order valence-corrected chi connectivity index (χ1v) is 7.10. The predicted octanol–water partition coefficient (Wildman–Crippen LogP) is 3.06. The highest BCUT2D eigenvalue weighted by atomic mass is 16.5. The van der Waals surface area contributed by atoms with Gasteiger partial charge in [-0.3, -0.25) is 4.68 Å². The molecule has 0 unspecified atom stereocenters. The summed E-state index contributed by atoms with van der Waals surface area (Å²) >= 11 is 0. The SMILES string of the molecule is CCOc1ccc(CNc2c(C)nn(C)c2C)cc1OC. The minimum Gasteiger partial charge on any atom is -0.493 e. The summed E-state index contributed by atoms with van der Waals surface area (Å²) in [4.78, 5) is 0. The monoisotopic (exact) mass is 289 g/mol. The van der Waals surface area contributed by atoms with Crippen molar-refractivity contribution in [2.45, 2.75) is 27.3 Å². The maximum absolute atomic E-state index is 5.53. The van der Waals surface area contributed by atoms with Crippen molar-refractivity contribution in [1.82, 2.24) is 9.78 Å². The van der Waals surface area contributed by atoms with Gasteiger partial charge in [0.05, 0.1) is 30.8 Å². The Morgan fingerprint density at radius 1 is 1.24 bits per heavy atom. The fraction of sp³-hybridized carbons (Fsp3) is 0.438. The average molecular weight is 289 g/mol. The van der Waals surface area contributed by atoms with Crippen molar-refractivity contribution in [3.05, 3.63) is 35.2 Å². The molecule has 0 atom stereocenters. The summed E-state index contributed by atoms with van der Waals surface area (Å²) in [5.74, 6) is 1.54. The van der Waals surface area contributed by atoms with E-state index in [0.717, 1.165) is 40.7 Å². The molecule has 0 radical (unpaired) electrons. The molecule has 0 aliphatic rings. The maximum Gasteiger partial charge on any atom is 0.161 e. The Morgan fingerprint density at radius 2 is 2.00 bits per heavy atom. The van der Waals surface area contributed by atoms with Gasteiger partial charge in [0, 0.05) is 13.6 Å². The summed E-state index contributed by atoms with van der Waals surface area (Å²) in [6.07, 6.45) is 0. The number of ether oxygens (including phenoxy) is 2. The molecule has 1 heterocycles. The lowest BCUT2D eigenvalue weighted by Gasteiger charge is -2.12. The molecule has 21 heavy (non-hydrogen) atoms. The van der Waals surface area contributed by atoms with Crippen molar-refractivity contribution in [3.8, 4) is 11.5 Å². The Hall–Kier alpha value is -2.17. The van der Waals surface area contributed by atoms with E-state index >= 15 is 0 Å². The van der Waals surface area contributed by atoms with Crippen LogP contribution in [0.1, 0.15) is 23.9 Å². The van der Waals surface area contributed by atoms with E-state index in [1.165, 1.54) is 0 Å². The number of aryl methyl sites for hydroxylation is 2. The number of aromatic nitrogens is 2. The molecule has 0 fully saturated rings. The molecule has 0 aliphatic carbocycles. The first-order valence-electron chi connectivity index (χ1n) is 7.10. The first kappa shape index (κ1) is 15.2. The third-order valence-electron chi connectivity index (χ3n) is 3.51. The van der Waals surface area contributed by atoms with E-state index in [1.807, 2.05) is 43.8 Å². The van der Waals surface area contributed by atoms with Crippen LogP contribution in [-0.4, -0.2) is 23.5 Å². The van der Waals surface area contributed by atoms with Crippen molar-refractivity contribution in [2.75, 3.05) is 19.0 Å². The number of nitrogens with one attached hydrogen (secondary N) is 1. The summed E-state index contributed by atoms with van der Waals surface area (Å²) in [6, 6.07) is 5.99. The van der Waals surface area contributed by atoms with Crippen molar-refractivity contribution in [1.29, 1.82) is 0 Å². The van der Waals surface area contributed by atoms with E-state index in [2.05, 4.69) is 17.3 Å². The number of hydrogen-bond acceptors (Lipinski definition) is 4. The first-order chi connectivity index (χ1) is 10.1. The van der Waals surface area contributed by atoms with Gasteiger partial charge in [0.25, 0.3) is 0 Å². The van der Waals surface area contributed by atoms with E-state index in [0.29, 0.717) is 6.61 Å². The van der Waals surface area contributed by atoms with Gasteiger partial charge >= 0.3 is 0 Å². The third-order valence-corrected chi connectivity index (χ3v) is 3.51. The molecule has 0 spiro atoms. The Kier molecular flexibility index (Phi) is 4.73. The van der Waals surface area contributed by atoms with Crippen molar-refractivity contribution in [3.63, 3.8) is 0 Å². The fourth-order valence-corrected chi connectivity index (χ4v) is 2.32. The van der Waals surface area contributed by atoms with Crippen LogP contribution in [0.4, 0.5) is 5.69 Å². The third kappa shape index (κ3) is 3.29. The minimum atomic E-state index is 0.627. The summed E-state index contributed by atoms with van der Waals surface area (Å²) in [5, 5.41) is 7.85. The van der Waals surface area contributed by atoms with E-state index in [1.54, 1.807) is 7.11 Å². The van der Waals surface area contributed by atoms with Crippen LogP contribution < -0.4 is 14.8 Å². The van der Waals surface area contributed by atoms with Crippen LogP contribution in [0.3, 0.4) is 0 Å². The van der Waals surface area contributed by atoms with E-state index in [4.69, 9.17) is 9.47 Å². The number of anilines is 1. The largest absolute Gasteiger partial charge is 0.493 e. The van der Waals surface area contributed by atoms with Crippen LogP contribution >= 0.6 is 0 Å². The average Bonchev–Trinajstić information content (AvgIpc) is 2.71. The second kappa shape index (κ2) is 6.52. The molecule has 1 aromatic carbocycles. The topological polar surface area (TPSA) is 48.3 Å². The van der Waals surface area contributed by atoms with Gasteiger partial charge in [-0.25, -0.2) is 0 Å². The number of hydrogen-bond donors (Lipinski definition) is 1. The molecule has 2 rings (SSSR count). The molecule has 0 saturated heterocycles. The van der Waals surface area contributed by atoms with E-state index in [9.17, 15) is 0 Å². The van der Waals surface area contributed by atoms with Crippen molar-refractivity contribution >= 4 is 5.69 Å². The Morgan fingerprint density at radius 3 is 2.57 bits per heavy atom. The van der Waals surface area contributed by atoms with Gasteiger partial charge in [0.1, 0.15) is 0 Å². The summed E-state index contributed by atoms with van der Waals surface area (Å²) in [7, 11) is 3.61. The highest BCUT2D eigenvalue weighted by molar-refractivity contribution is 5.53. The van der Waals surface area contributed by atoms with Crippen LogP contribution in [0.5, 0.6) is 11.5 Å². The van der Waals surface area contributed by atoms with Crippen LogP contribution in [0.2, 0.25) is 0 Å². The van der Waals surface area contributed by atoms with Crippen LogP contribution in [-0.2, 0) is 13.6 Å². The molecule has 0 amide bonds. The molecular formula is C16H23N3O2. The van der Waals surface area contributed by atoms with Gasteiger partial charge in [-0.05, 0) is 38.5 Å². The molecule has 1 aromatic heterocycles. The van der Waals surface area contributed by atoms with Gasteiger partial charge in [0.15, 0.2) is 11.5 Å². The minimum absolute atomic E-state index is 0.627. The predicted molar refractivity (Wildman–Crippen MR) is 84.2 cm³/mol. The highest BCUT2D eigenvalue weighted by Crippen LogP contribution is 2.28. The molecule has 0 saturated carbocycles. The fourth-order valence-electron chi connectivity index (χ4n) is 2.32. The van der Waals surface area contributed by atoms with Crippen molar-refractivity contribution < 1.29 is 9.47 Å². The molecule has 1 N–H and O–H groups in total. The molecule has 5 heteroatoms. The second-order valence-corrected chi connectivity index (χ2v) is 4.94. The lowest BCUT2D eigenvalue weighted by molar-refractivity contribution is 0.310. The van der Waals surface area contributed by atoms with Crippen LogP contribution in [0.15, 0.2) is 18.2 Å². The van der Waals surface area contributed by atoms with Crippen LogP contribution in [0, 0.1) is 13.8 Å². The molecule has 114 valence electrons. The number of rotatable bonds is 6. The lowest BCUT2D eigenvalue weighted by atomic mass is 10.2. The van der Waals surface area contributed by atoms with E-state index in [-0.39, 0.29) is 0 Å². The van der Waals surface area contributed by atoms with Gasteiger partial charge in [-0.1, -0.05) is 6.07 Å². The zero-order valence-corrected chi connectivity index (χ0v) is 13.4. The summed E-state index contributed by atoms with van der Waals surface area (Å²) < 4.78 is 12.8. The van der Waals surface area contributed by atoms with E-state index < -0.39 is 0 Å². The molecule has 2 aromatic rings. The molecule has 5 nitrogen and oxygen atoms in total. The second-order valence-electron chi connectivity index (χ2n) is 4.94. The van der Waals surface area contributed by atoms with Crippen LogP contribution in [0.25, 0.3) is 0 Å². The zero-order valence-electron chi connectivity index (χ0n) is 13.4. The van der Waals surface area contributed by atoms with Gasteiger partial charge in [-0.15, -0.1) is 0 Å².